The minimum absolute atomic E-state index is 0.895. The summed E-state index contributed by atoms with van der Waals surface area (Å²) in [5, 5.41) is 6.90. The summed E-state index contributed by atoms with van der Waals surface area (Å²) >= 11 is 0. The molecule has 1 aliphatic heterocycles. The molecule has 118 valence electrons. The topological polar surface area (TPSA) is 49.8 Å². The molecule has 1 aliphatic rings. The molecule has 0 fully saturated rings. The number of hydrogen-bond donors (Lipinski definition) is 2. The molecule has 2 N–H and O–H groups in total. The second kappa shape index (κ2) is 5.81. The zero-order valence-corrected chi connectivity index (χ0v) is 13.7. The Hall–Kier alpha value is -3.14. The fourth-order valence-electron chi connectivity index (χ4n) is 2.87. The van der Waals surface area contributed by atoms with Crippen molar-refractivity contribution in [2.45, 2.75) is 13.8 Å². The van der Waals surface area contributed by atoms with Gasteiger partial charge in [-0.15, -0.1) is 0 Å². The van der Waals surface area contributed by atoms with Gasteiger partial charge in [-0.05, 0) is 36.4 Å². The first-order chi connectivity index (χ1) is 11.9. The lowest BCUT2D eigenvalue weighted by Gasteiger charge is -2.23. The lowest BCUT2D eigenvalue weighted by Crippen LogP contribution is -2.06. The van der Waals surface area contributed by atoms with Crippen molar-refractivity contribution >= 4 is 44.8 Å². The van der Waals surface area contributed by atoms with E-state index in [1.165, 1.54) is 0 Å². The van der Waals surface area contributed by atoms with Gasteiger partial charge in [-0.2, -0.15) is 0 Å². The van der Waals surface area contributed by atoms with Crippen molar-refractivity contribution in [1.82, 2.24) is 9.97 Å². The molecular weight excluding hydrogens is 296 g/mol. The van der Waals surface area contributed by atoms with Gasteiger partial charge in [0.05, 0.1) is 44.8 Å². The first-order valence-electron chi connectivity index (χ1n) is 8.20. The van der Waals surface area contributed by atoms with Crippen LogP contribution in [0.1, 0.15) is 13.8 Å². The van der Waals surface area contributed by atoms with E-state index in [2.05, 4.69) is 22.8 Å². The Bertz CT molecular complexity index is 957. The van der Waals surface area contributed by atoms with E-state index in [4.69, 9.17) is 9.97 Å². The third kappa shape index (κ3) is 2.33. The number of anilines is 4. The van der Waals surface area contributed by atoms with Gasteiger partial charge in [-0.25, -0.2) is 9.97 Å². The van der Waals surface area contributed by atoms with Crippen molar-refractivity contribution in [3.63, 3.8) is 0 Å². The van der Waals surface area contributed by atoms with Crippen LogP contribution in [0.25, 0.3) is 22.1 Å². The first-order valence-corrected chi connectivity index (χ1v) is 8.20. The highest BCUT2D eigenvalue weighted by atomic mass is 15.0. The lowest BCUT2D eigenvalue weighted by atomic mass is 10.1. The van der Waals surface area contributed by atoms with Gasteiger partial charge >= 0.3 is 0 Å². The Balaban J connectivity index is 0.000000704. The van der Waals surface area contributed by atoms with Crippen molar-refractivity contribution in [2.75, 3.05) is 10.6 Å². The molecule has 0 bridgehead atoms. The number of nitrogens with one attached hydrogen (secondary N) is 2. The number of nitrogens with zero attached hydrogens (tertiary/aromatic N) is 2. The van der Waals surface area contributed by atoms with E-state index >= 15 is 0 Å². The molecule has 0 spiro atoms. The fraction of sp³-hybridized carbons (Fsp3) is 0.100. The van der Waals surface area contributed by atoms with Crippen LogP contribution in [0, 0.1) is 0 Å². The Morgan fingerprint density at radius 3 is 1.42 bits per heavy atom. The summed E-state index contributed by atoms with van der Waals surface area (Å²) in [6.07, 6.45) is 0. The third-order valence-corrected chi connectivity index (χ3v) is 3.94. The first kappa shape index (κ1) is 14.5. The molecule has 0 unspecified atom stereocenters. The molecule has 0 radical (unpaired) electrons. The maximum Gasteiger partial charge on any atom is 0.0916 e. The largest absolute Gasteiger partial charge is 0.352 e. The van der Waals surface area contributed by atoms with Crippen molar-refractivity contribution in [2.24, 2.45) is 0 Å². The maximum absolute atomic E-state index is 4.71. The van der Waals surface area contributed by atoms with Gasteiger partial charge in [0.15, 0.2) is 0 Å². The van der Waals surface area contributed by atoms with Crippen LogP contribution in [0.3, 0.4) is 0 Å². The number of hydrogen-bond acceptors (Lipinski definition) is 4. The number of rotatable bonds is 0. The van der Waals surface area contributed by atoms with Crippen molar-refractivity contribution < 1.29 is 0 Å². The molecule has 0 atom stereocenters. The molecule has 2 heterocycles. The van der Waals surface area contributed by atoms with Crippen LogP contribution in [-0.2, 0) is 0 Å². The smallest absolute Gasteiger partial charge is 0.0916 e. The average molecular weight is 314 g/mol. The van der Waals surface area contributed by atoms with E-state index < -0.39 is 0 Å². The van der Waals surface area contributed by atoms with Crippen LogP contribution in [0.15, 0.2) is 60.7 Å². The highest BCUT2D eigenvalue weighted by molar-refractivity contribution is 5.98. The molecular formula is C20H18N4. The highest BCUT2D eigenvalue weighted by Gasteiger charge is 2.15. The van der Waals surface area contributed by atoms with E-state index in [1.807, 2.05) is 62.4 Å². The molecule has 3 aromatic carbocycles. The minimum Gasteiger partial charge on any atom is -0.352 e. The van der Waals surface area contributed by atoms with Gasteiger partial charge in [-0.3, -0.25) is 0 Å². The molecule has 4 aromatic rings. The molecule has 0 saturated heterocycles. The summed E-state index contributed by atoms with van der Waals surface area (Å²) in [6, 6.07) is 20.2. The molecule has 0 saturated carbocycles. The van der Waals surface area contributed by atoms with Crippen LogP contribution in [0.4, 0.5) is 22.7 Å². The molecule has 0 aliphatic carbocycles. The molecule has 5 rings (SSSR count). The predicted molar refractivity (Wildman–Crippen MR) is 101 cm³/mol. The molecule has 1 aromatic heterocycles. The molecule has 24 heavy (non-hydrogen) atoms. The summed E-state index contributed by atoms with van der Waals surface area (Å²) in [7, 11) is 0. The summed E-state index contributed by atoms with van der Waals surface area (Å²) in [4.78, 5) is 9.42. The van der Waals surface area contributed by atoms with E-state index in [0.29, 0.717) is 0 Å². The monoisotopic (exact) mass is 314 g/mol. The zero-order chi connectivity index (χ0) is 16.5. The van der Waals surface area contributed by atoms with Gasteiger partial charge in [0.2, 0.25) is 0 Å². The van der Waals surface area contributed by atoms with E-state index in [0.717, 1.165) is 44.8 Å². The third-order valence-electron chi connectivity index (χ3n) is 3.94. The summed E-state index contributed by atoms with van der Waals surface area (Å²) in [5.41, 5.74) is 7.81. The van der Waals surface area contributed by atoms with E-state index in [1.54, 1.807) is 0 Å². The van der Waals surface area contributed by atoms with Gasteiger partial charge in [0.25, 0.3) is 0 Å². The average Bonchev–Trinajstić information content (AvgIpc) is 2.64. The van der Waals surface area contributed by atoms with E-state index in [9.17, 15) is 0 Å². The number of para-hydroxylation sites is 4. The van der Waals surface area contributed by atoms with Crippen LogP contribution in [-0.4, -0.2) is 9.97 Å². The molecule has 4 heteroatoms. The SMILES string of the molecule is CC.c1ccc2c(c1)Nc1cc3nc4ccccc4nc3cc1N2. The molecule has 4 nitrogen and oxygen atoms in total. The number of aromatic nitrogens is 2. The standard InChI is InChI=1S/C18H12N4.C2H6/c1-2-6-12-11(5-1)19-15-9-17-18(10-16(15)20-12)22-14-8-4-3-7-13(14)21-17;1-2/h1-10,19-20H;1-2H3. The fourth-order valence-corrected chi connectivity index (χ4v) is 2.87. The Morgan fingerprint density at radius 1 is 0.542 bits per heavy atom. The van der Waals surface area contributed by atoms with Crippen LogP contribution < -0.4 is 10.6 Å². The lowest BCUT2D eigenvalue weighted by molar-refractivity contribution is 1.38. The van der Waals surface area contributed by atoms with Gasteiger partial charge in [0.1, 0.15) is 0 Å². The Kier molecular flexibility index (Phi) is 3.50. The maximum atomic E-state index is 4.71. The van der Waals surface area contributed by atoms with Gasteiger partial charge < -0.3 is 10.6 Å². The quantitative estimate of drug-likeness (QED) is 0.365. The normalized spacial score (nSPS) is 11.6. The van der Waals surface area contributed by atoms with E-state index in [-0.39, 0.29) is 0 Å². The Labute approximate surface area is 140 Å². The van der Waals surface area contributed by atoms with Crippen molar-refractivity contribution in [3.8, 4) is 0 Å². The summed E-state index contributed by atoms with van der Waals surface area (Å²) < 4.78 is 0. The van der Waals surface area contributed by atoms with Gasteiger partial charge in [-0.1, -0.05) is 38.1 Å². The summed E-state index contributed by atoms with van der Waals surface area (Å²) in [6.45, 7) is 4.00. The van der Waals surface area contributed by atoms with Crippen LogP contribution in [0.5, 0.6) is 0 Å². The second-order valence-electron chi connectivity index (χ2n) is 5.39. The van der Waals surface area contributed by atoms with Crippen LogP contribution in [0.2, 0.25) is 0 Å². The minimum atomic E-state index is 0.895. The Morgan fingerprint density at radius 2 is 0.958 bits per heavy atom. The van der Waals surface area contributed by atoms with Crippen LogP contribution >= 0.6 is 0 Å². The highest BCUT2D eigenvalue weighted by Crippen LogP contribution is 2.39. The number of benzene rings is 3. The van der Waals surface area contributed by atoms with Crippen molar-refractivity contribution in [1.29, 1.82) is 0 Å². The zero-order valence-electron chi connectivity index (χ0n) is 13.7. The van der Waals surface area contributed by atoms with Crippen molar-refractivity contribution in [3.05, 3.63) is 60.7 Å². The molecule has 0 amide bonds. The predicted octanol–water partition coefficient (Wildman–Crippen LogP) is 5.61. The summed E-state index contributed by atoms with van der Waals surface area (Å²) in [5.74, 6) is 0. The number of fused-ring (bicyclic) bond motifs is 4. The second-order valence-corrected chi connectivity index (χ2v) is 5.39. The van der Waals surface area contributed by atoms with Gasteiger partial charge in [0, 0.05) is 0 Å².